The fraction of sp³-hybridized carbons (Fsp3) is 0.622. The van der Waals surface area contributed by atoms with Crippen LogP contribution in [0.1, 0.15) is 88.1 Å². The Morgan fingerprint density at radius 2 is 1.63 bits per heavy atom. The maximum Gasteiger partial charge on any atom is 0.416 e. The van der Waals surface area contributed by atoms with Crippen molar-refractivity contribution in [3.05, 3.63) is 53.6 Å². The zero-order valence-electron chi connectivity index (χ0n) is 29.2. The van der Waals surface area contributed by atoms with Crippen molar-refractivity contribution < 1.29 is 37.3 Å². The van der Waals surface area contributed by atoms with Crippen molar-refractivity contribution in [2.45, 2.75) is 96.6 Å². The number of likely N-dealkylation sites (N-methyl/N-ethyl adjacent to an activating group) is 1. The molecule has 4 rings (SSSR count). The van der Waals surface area contributed by atoms with Gasteiger partial charge in [0.15, 0.2) is 0 Å². The van der Waals surface area contributed by atoms with E-state index < -0.39 is 23.8 Å². The Bertz CT molecular complexity index is 1350. The molecule has 1 aliphatic carbocycles. The van der Waals surface area contributed by atoms with Gasteiger partial charge in [-0.3, -0.25) is 4.79 Å². The van der Waals surface area contributed by atoms with Crippen LogP contribution in [-0.4, -0.2) is 85.0 Å². The molecule has 3 N–H and O–H groups in total. The summed E-state index contributed by atoms with van der Waals surface area (Å²) in [6.07, 6.45) is 4.13. The van der Waals surface area contributed by atoms with E-state index in [2.05, 4.69) is 29.5 Å². The fourth-order valence-corrected chi connectivity index (χ4v) is 6.69. The number of aliphatic hydroxyl groups excluding tert-OH is 1. The van der Waals surface area contributed by atoms with E-state index in [4.69, 9.17) is 9.47 Å². The van der Waals surface area contributed by atoms with E-state index in [0.717, 1.165) is 44.5 Å². The van der Waals surface area contributed by atoms with Gasteiger partial charge >= 0.3 is 12.2 Å². The van der Waals surface area contributed by atoms with Crippen LogP contribution in [-0.2, 0) is 10.9 Å². The molecule has 3 amide bonds. The number of nitrogens with zero attached hydrogens (tertiary/aromatic N) is 2. The van der Waals surface area contributed by atoms with Crippen molar-refractivity contribution >= 4 is 23.3 Å². The molecule has 1 heterocycles. The number of anilines is 2. The Morgan fingerprint density at radius 1 is 0.980 bits per heavy atom. The maximum atomic E-state index is 14.4. The summed E-state index contributed by atoms with van der Waals surface area (Å²) in [5.41, 5.74) is -0.118. The molecule has 1 fully saturated rings. The fourth-order valence-electron chi connectivity index (χ4n) is 6.69. The average Bonchev–Trinajstić information content (AvgIpc) is 3.06. The van der Waals surface area contributed by atoms with Gasteiger partial charge in [0, 0.05) is 43.5 Å². The van der Waals surface area contributed by atoms with Crippen LogP contribution < -0.4 is 15.4 Å². The van der Waals surface area contributed by atoms with Gasteiger partial charge in [0.25, 0.3) is 5.91 Å². The molecular formula is C37H53F3N4O5. The van der Waals surface area contributed by atoms with Crippen LogP contribution in [0.25, 0.3) is 0 Å². The third-order valence-electron chi connectivity index (χ3n) is 9.57. The molecule has 0 saturated heterocycles. The van der Waals surface area contributed by atoms with E-state index in [1.54, 1.807) is 24.0 Å². The predicted octanol–water partition coefficient (Wildman–Crippen LogP) is 7.66. The topological polar surface area (TPSA) is 103 Å². The lowest BCUT2D eigenvalue weighted by Gasteiger charge is -2.36. The number of nitrogens with one attached hydrogen (secondary N) is 2. The molecular weight excluding hydrogens is 637 g/mol. The van der Waals surface area contributed by atoms with Gasteiger partial charge in [0.05, 0.1) is 36.0 Å². The summed E-state index contributed by atoms with van der Waals surface area (Å²) in [6, 6.07) is 7.72. The Balaban J connectivity index is 1.55. The number of urea groups is 1. The molecule has 0 bridgehead atoms. The molecule has 49 heavy (non-hydrogen) atoms. The highest BCUT2D eigenvalue weighted by molar-refractivity contribution is 6.02. The monoisotopic (exact) mass is 690 g/mol. The number of carbonyl (C=O) groups is 2. The van der Waals surface area contributed by atoms with Crippen molar-refractivity contribution in [3.8, 4) is 5.75 Å². The van der Waals surface area contributed by atoms with Gasteiger partial charge in [-0.25, -0.2) is 4.79 Å². The SMILES string of the molecule is C[C@@H]1CCCCO[C@H](CN(C)CC2CCCCC2)[C@H](C)CN([C@@H](C)CO)C(=O)c2cc(NC(=O)Nc3ccc(C(F)(F)F)cc3)ccc2O1. The summed E-state index contributed by atoms with van der Waals surface area (Å²) in [5.74, 6) is 0.659. The highest BCUT2D eigenvalue weighted by Crippen LogP contribution is 2.31. The summed E-state index contributed by atoms with van der Waals surface area (Å²) >= 11 is 0. The average molecular weight is 691 g/mol. The first kappa shape index (κ1) is 38.5. The first-order valence-corrected chi connectivity index (χ1v) is 17.6. The van der Waals surface area contributed by atoms with Gasteiger partial charge in [-0.2, -0.15) is 13.2 Å². The molecule has 0 spiro atoms. The first-order valence-electron chi connectivity index (χ1n) is 17.6. The summed E-state index contributed by atoms with van der Waals surface area (Å²) < 4.78 is 51.6. The number of ether oxygens (including phenoxy) is 2. The van der Waals surface area contributed by atoms with E-state index in [9.17, 15) is 27.9 Å². The molecule has 272 valence electrons. The molecule has 2 aromatic carbocycles. The quantitative estimate of drug-likeness (QED) is 0.263. The van der Waals surface area contributed by atoms with Crippen LogP contribution in [0, 0.1) is 11.8 Å². The highest BCUT2D eigenvalue weighted by atomic mass is 19.4. The van der Waals surface area contributed by atoms with E-state index in [1.165, 1.54) is 50.3 Å². The molecule has 0 aromatic heterocycles. The predicted molar refractivity (Wildman–Crippen MR) is 185 cm³/mol. The van der Waals surface area contributed by atoms with Gasteiger partial charge < -0.3 is 35.0 Å². The minimum atomic E-state index is -4.49. The Hall–Kier alpha value is -3.35. The van der Waals surface area contributed by atoms with Crippen LogP contribution >= 0.6 is 0 Å². The number of benzene rings is 2. The number of rotatable bonds is 8. The smallest absolute Gasteiger partial charge is 0.416 e. The molecule has 1 saturated carbocycles. The molecule has 2 aromatic rings. The first-order chi connectivity index (χ1) is 23.3. The van der Waals surface area contributed by atoms with E-state index in [-0.39, 0.29) is 41.9 Å². The minimum Gasteiger partial charge on any atom is -0.490 e. The number of amides is 3. The van der Waals surface area contributed by atoms with Crippen LogP contribution in [0.3, 0.4) is 0 Å². The number of alkyl halides is 3. The van der Waals surface area contributed by atoms with Crippen LogP contribution in [0.4, 0.5) is 29.3 Å². The lowest BCUT2D eigenvalue weighted by atomic mass is 9.89. The van der Waals surface area contributed by atoms with Crippen LogP contribution in [0.2, 0.25) is 0 Å². The number of aliphatic hydroxyl groups is 1. The van der Waals surface area contributed by atoms with Gasteiger partial charge in [0.2, 0.25) is 0 Å². The number of fused-ring (bicyclic) bond motifs is 1. The van der Waals surface area contributed by atoms with E-state index in [0.29, 0.717) is 30.5 Å². The zero-order valence-corrected chi connectivity index (χ0v) is 29.2. The van der Waals surface area contributed by atoms with Crippen LogP contribution in [0.5, 0.6) is 5.75 Å². The van der Waals surface area contributed by atoms with Gasteiger partial charge in [-0.05, 0) is 101 Å². The Morgan fingerprint density at radius 3 is 2.31 bits per heavy atom. The number of hydrogen-bond donors (Lipinski definition) is 3. The van der Waals surface area contributed by atoms with Crippen molar-refractivity contribution in [1.29, 1.82) is 0 Å². The molecule has 2 aliphatic rings. The summed E-state index contributed by atoms with van der Waals surface area (Å²) in [5, 5.41) is 15.4. The van der Waals surface area contributed by atoms with E-state index >= 15 is 0 Å². The standard InChI is InChI=1S/C37H53F3N4O5/c1-25-21-44(26(2)24-45)35(46)32-20-31(42-36(47)41-30-15-13-29(14-16-30)37(38,39)40)17-18-33(32)49-27(3)10-8-9-19-48-34(25)23-43(4)22-28-11-6-5-7-12-28/h13-18,20,25-28,34,45H,5-12,19,21-24H2,1-4H3,(H2,41,42,47)/t25-,26+,27-,34-/m1/s1. The van der Waals surface area contributed by atoms with E-state index in [1.807, 2.05) is 6.92 Å². The number of carbonyl (C=O) groups excluding carboxylic acids is 2. The maximum absolute atomic E-state index is 14.4. The molecule has 0 radical (unpaired) electrons. The third kappa shape index (κ3) is 11.6. The molecule has 4 atom stereocenters. The molecule has 12 heteroatoms. The van der Waals surface area contributed by atoms with Crippen LogP contribution in [0.15, 0.2) is 42.5 Å². The van der Waals surface area contributed by atoms with Gasteiger partial charge in [-0.15, -0.1) is 0 Å². The minimum absolute atomic E-state index is 0.0474. The highest BCUT2D eigenvalue weighted by Gasteiger charge is 2.32. The van der Waals surface area contributed by atoms with Crippen molar-refractivity contribution in [2.24, 2.45) is 11.8 Å². The molecule has 1 aliphatic heterocycles. The lowest BCUT2D eigenvalue weighted by molar-refractivity contribution is -0.137. The Labute approximate surface area is 288 Å². The molecule has 9 nitrogen and oxygen atoms in total. The van der Waals surface area contributed by atoms with Gasteiger partial charge in [0.1, 0.15) is 5.75 Å². The third-order valence-corrected chi connectivity index (χ3v) is 9.57. The number of hydrogen-bond acceptors (Lipinski definition) is 6. The zero-order chi connectivity index (χ0) is 35.6. The summed E-state index contributed by atoms with van der Waals surface area (Å²) in [4.78, 5) is 31.2. The molecule has 0 unspecified atom stereocenters. The largest absolute Gasteiger partial charge is 0.490 e. The lowest BCUT2D eigenvalue weighted by Crippen LogP contribution is -2.47. The second-order valence-electron chi connectivity index (χ2n) is 13.9. The van der Waals surface area contributed by atoms with Crippen molar-refractivity contribution in [3.63, 3.8) is 0 Å². The summed E-state index contributed by atoms with van der Waals surface area (Å²) in [7, 11) is 2.15. The normalized spacial score (nSPS) is 22.5. The van der Waals surface area contributed by atoms with Gasteiger partial charge in [-0.1, -0.05) is 26.2 Å². The second kappa shape index (κ2) is 18.1. The van der Waals surface area contributed by atoms with Crippen molar-refractivity contribution in [1.82, 2.24) is 9.80 Å². The second-order valence-corrected chi connectivity index (χ2v) is 13.9. The van der Waals surface area contributed by atoms with Crippen molar-refractivity contribution in [2.75, 3.05) is 50.5 Å². The number of halogens is 3. The summed E-state index contributed by atoms with van der Waals surface area (Å²) in [6.45, 7) is 8.29. The Kier molecular flexibility index (Phi) is 14.2.